The van der Waals surface area contributed by atoms with Gasteiger partial charge in [-0.3, -0.25) is 9.59 Å². The van der Waals surface area contributed by atoms with Crippen molar-refractivity contribution in [2.75, 3.05) is 13.1 Å². The highest BCUT2D eigenvalue weighted by molar-refractivity contribution is 7.08. The molecule has 4 rings (SSSR count). The SMILES string of the molecule is O=C(NC1CCC1(F)F)C1CCCC12CCN(C(=O)c1ccsc1)C2. The number of thiophene rings is 1. The Labute approximate surface area is 149 Å². The summed E-state index contributed by atoms with van der Waals surface area (Å²) in [6.45, 7) is 1.19. The van der Waals surface area contributed by atoms with E-state index in [9.17, 15) is 18.4 Å². The van der Waals surface area contributed by atoms with E-state index >= 15 is 0 Å². The molecule has 2 heterocycles. The van der Waals surface area contributed by atoms with Crippen molar-refractivity contribution in [3.05, 3.63) is 22.4 Å². The smallest absolute Gasteiger partial charge is 0.267 e. The van der Waals surface area contributed by atoms with Crippen LogP contribution in [0.2, 0.25) is 0 Å². The highest BCUT2D eigenvalue weighted by atomic mass is 32.1. The molecule has 1 aromatic heterocycles. The van der Waals surface area contributed by atoms with E-state index in [4.69, 9.17) is 0 Å². The van der Waals surface area contributed by atoms with Crippen LogP contribution in [0.3, 0.4) is 0 Å². The summed E-state index contributed by atoms with van der Waals surface area (Å²) in [6.07, 6.45) is 3.52. The minimum atomic E-state index is -2.77. The van der Waals surface area contributed by atoms with Crippen molar-refractivity contribution < 1.29 is 18.4 Å². The van der Waals surface area contributed by atoms with Crippen LogP contribution in [0.5, 0.6) is 0 Å². The van der Waals surface area contributed by atoms with Gasteiger partial charge in [0.05, 0.1) is 11.6 Å². The van der Waals surface area contributed by atoms with Gasteiger partial charge in [0.25, 0.3) is 11.8 Å². The summed E-state index contributed by atoms with van der Waals surface area (Å²) in [5.74, 6) is -3.26. The molecule has 1 saturated heterocycles. The normalized spacial score (nSPS) is 33.4. The van der Waals surface area contributed by atoms with Crippen LogP contribution in [0.1, 0.15) is 48.9 Å². The van der Waals surface area contributed by atoms with Crippen LogP contribution in [0.4, 0.5) is 8.78 Å². The van der Waals surface area contributed by atoms with Crippen LogP contribution in [-0.4, -0.2) is 41.8 Å². The maximum atomic E-state index is 13.5. The molecule has 3 unspecified atom stereocenters. The first-order valence-corrected chi connectivity index (χ1v) is 9.85. The lowest BCUT2D eigenvalue weighted by Gasteiger charge is -2.39. The monoisotopic (exact) mass is 368 g/mol. The van der Waals surface area contributed by atoms with Gasteiger partial charge < -0.3 is 10.2 Å². The van der Waals surface area contributed by atoms with E-state index in [1.165, 1.54) is 11.3 Å². The largest absolute Gasteiger partial charge is 0.347 e. The summed E-state index contributed by atoms with van der Waals surface area (Å²) in [5, 5.41) is 6.30. The number of rotatable bonds is 3. The fraction of sp³-hybridized carbons (Fsp3) is 0.667. The van der Waals surface area contributed by atoms with Crippen molar-refractivity contribution in [3.8, 4) is 0 Å². The molecule has 3 aliphatic rings. The van der Waals surface area contributed by atoms with Gasteiger partial charge in [0.1, 0.15) is 0 Å². The zero-order valence-electron chi connectivity index (χ0n) is 14.0. The Morgan fingerprint density at radius 2 is 2.08 bits per heavy atom. The highest BCUT2D eigenvalue weighted by Gasteiger charge is 2.54. The van der Waals surface area contributed by atoms with E-state index in [1.54, 1.807) is 0 Å². The van der Waals surface area contributed by atoms with Gasteiger partial charge in [-0.1, -0.05) is 6.42 Å². The maximum Gasteiger partial charge on any atom is 0.267 e. The molecule has 7 heteroatoms. The van der Waals surface area contributed by atoms with E-state index in [-0.39, 0.29) is 29.6 Å². The summed E-state index contributed by atoms with van der Waals surface area (Å²) in [5.41, 5.74) is 0.449. The molecule has 4 nitrogen and oxygen atoms in total. The molecule has 1 aliphatic heterocycles. The first kappa shape index (κ1) is 16.9. The number of hydrogen-bond donors (Lipinski definition) is 1. The molecule has 25 heavy (non-hydrogen) atoms. The summed E-state index contributed by atoms with van der Waals surface area (Å²) >= 11 is 1.49. The number of nitrogens with one attached hydrogen (secondary N) is 1. The molecule has 2 amide bonds. The first-order valence-electron chi connectivity index (χ1n) is 8.91. The second-order valence-corrected chi connectivity index (χ2v) is 8.44. The number of likely N-dealkylation sites (tertiary alicyclic amines) is 1. The summed E-state index contributed by atoms with van der Waals surface area (Å²) < 4.78 is 27.0. The lowest BCUT2D eigenvalue weighted by atomic mass is 9.76. The van der Waals surface area contributed by atoms with Gasteiger partial charge in [-0.25, -0.2) is 8.78 Å². The van der Waals surface area contributed by atoms with Crippen molar-refractivity contribution >= 4 is 23.2 Å². The molecular weight excluding hydrogens is 346 g/mol. The van der Waals surface area contributed by atoms with Crippen LogP contribution in [0.25, 0.3) is 0 Å². The Hall–Kier alpha value is -1.50. The third-order valence-corrected chi connectivity index (χ3v) is 6.94. The molecule has 1 N–H and O–H groups in total. The third kappa shape index (κ3) is 2.86. The fourth-order valence-corrected chi connectivity index (χ4v) is 5.26. The van der Waals surface area contributed by atoms with Crippen molar-refractivity contribution in [1.29, 1.82) is 0 Å². The van der Waals surface area contributed by atoms with Crippen molar-refractivity contribution in [3.63, 3.8) is 0 Å². The molecule has 3 atom stereocenters. The quantitative estimate of drug-likeness (QED) is 0.890. The Morgan fingerprint density at radius 3 is 2.72 bits per heavy atom. The van der Waals surface area contributed by atoms with Gasteiger partial charge in [0, 0.05) is 36.2 Å². The van der Waals surface area contributed by atoms with Gasteiger partial charge >= 0.3 is 0 Å². The second kappa shape index (κ2) is 6.04. The lowest BCUT2D eigenvalue weighted by Crippen LogP contribution is -2.57. The van der Waals surface area contributed by atoms with Gasteiger partial charge in [0.2, 0.25) is 5.91 Å². The average molecular weight is 368 g/mol. The Morgan fingerprint density at radius 1 is 1.24 bits per heavy atom. The lowest BCUT2D eigenvalue weighted by molar-refractivity contribution is -0.142. The van der Waals surface area contributed by atoms with Gasteiger partial charge in [-0.15, -0.1) is 0 Å². The van der Waals surface area contributed by atoms with Crippen LogP contribution in [0.15, 0.2) is 16.8 Å². The van der Waals surface area contributed by atoms with E-state index in [0.717, 1.165) is 25.7 Å². The first-order chi connectivity index (χ1) is 11.9. The standard InChI is InChI=1S/C18H22F2N2O2S/c19-18(20)6-3-14(18)21-15(23)13-2-1-5-17(13)7-8-22(11-17)16(24)12-4-9-25-10-12/h4,9-10,13-14H,1-3,5-8,11H2,(H,21,23). The number of carbonyl (C=O) groups is 2. The number of halogens is 2. The van der Waals surface area contributed by atoms with Gasteiger partial charge in [0.15, 0.2) is 0 Å². The van der Waals surface area contributed by atoms with Crippen LogP contribution >= 0.6 is 11.3 Å². The molecule has 1 spiro atoms. The minimum absolute atomic E-state index is 0.00899. The fourth-order valence-electron chi connectivity index (χ4n) is 4.63. The van der Waals surface area contributed by atoms with E-state index < -0.39 is 12.0 Å². The molecule has 3 fully saturated rings. The van der Waals surface area contributed by atoms with Crippen LogP contribution in [0, 0.1) is 11.3 Å². The number of hydrogen-bond acceptors (Lipinski definition) is 3. The van der Waals surface area contributed by atoms with Crippen LogP contribution < -0.4 is 5.32 Å². The second-order valence-electron chi connectivity index (χ2n) is 7.66. The molecule has 0 aromatic carbocycles. The van der Waals surface area contributed by atoms with E-state index in [1.807, 2.05) is 21.7 Å². The third-order valence-electron chi connectivity index (χ3n) is 6.26. The number of nitrogens with zero attached hydrogens (tertiary/aromatic N) is 1. The van der Waals surface area contributed by atoms with E-state index in [0.29, 0.717) is 25.1 Å². The zero-order chi connectivity index (χ0) is 17.7. The van der Waals surface area contributed by atoms with Crippen molar-refractivity contribution in [1.82, 2.24) is 10.2 Å². The van der Waals surface area contributed by atoms with Gasteiger partial charge in [-0.05, 0) is 37.1 Å². The minimum Gasteiger partial charge on any atom is -0.347 e. The summed E-state index contributed by atoms with van der Waals surface area (Å²) in [7, 11) is 0. The number of alkyl halides is 2. The molecule has 0 bridgehead atoms. The Bertz CT molecular complexity index is 679. The number of amides is 2. The Balaban J connectivity index is 1.44. The van der Waals surface area contributed by atoms with Crippen LogP contribution in [-0.2, 0) is 4.79 Å². The van der Waals surface area contributed by atoms with Crippen molar-refractivity contribution in [2.45, 2.75) is 50.5 Å². The highest BCUT2D eigenvalue weighted by Crippen LogP contribution is 2.50. The molecule has 1 aromatic rings. The Kier molecular flexibility index (Phi) is 4.09. The molecule has 2 saturated carbocycles. The maximum absolute atomic E-state index is 13.5. The van der Waals surface area contributed by atoms with E-state index in [2.05, 4.69) is 5.32 Å². The van der Waals surface area contributed by atoms with Gasteiger partial charge in [-0.2, -0.15) is 11.3 Å². The summed E-state index contributed by atoms with van der Waals surface area (Å²) in [4.78, 5) is 27.1. The molecular formula is C18H22F2N2O2S. The topological polar surface area (TPSA) is 49.4 Å². The van der Waals surface area contributed by atoms with Crippen molar-refractivity contribution in [2.24, 2.45) is 11.3 Å². The summed E-state index contributed by atoms with van der Waals surface area (Å²) in [6, 6.07) is 0.804. The average Bonchev–Trinajstić information content (AvgIpc) is 3.33. The number of carbonyl (C=O) groups excluding carboxylic acids is 2. The molecule has 2 aliphatic carbocycles. The zero-order valence-corrected chi connectivity index (χ0v) is 14.8. The predicted octanol–water partition coefficient (Wildman–Crippen LogP) is 3.29. The molecule has 0 radical (unpaired) electrons. The predicted molar refractivity (Wildman–Crippen MR) is 90.7 cm³/mol. The molecule has 136 valence electrons.